The van der Waals surface area contributed by atoms with Gasteiger partial charge in [-0.3, -0.25) is 4.79 Å². The molecule has 0 aliphatic carbocycles. The third-order valence-electron chi connectivity index (χ3n) is 11.5. The van der Waals surface area contributed by atoms with E-state index in [-0.39, 0.29) is 12.5 Å². The Labute approximate surface area is 333 Å². The normalized spacial score (nSPS) is 12.9. The Balaban J connectivity index is 3.35. The van der Waals surface area contributed by atoms with Gasteiger partial charge in [0.15, 0.2) is 0 Å². The molecule has 0 spiro atoms. The molecule has 4 nitrogen and oxygen atoms in total. The van der Waals surface area contributed by atoms with Crippen molar-refractivity contribution in [2.45, 2.75) is 289 Å². The Morgan fingerprint density at radius 3 is 1.11 bits per heavy atom. The number of amides is 1. The molecule has 0 radical (unpaired) electrons. The summed E-state index contributed by atoms with van der Waals surface area (Å²) in [7, 11) is 0. The summed E-state index contributed by atoms with van der Waals surface area (Å²) in [5.74, 6) is -0.0403. The molecule has 0 aromatic heterocycles. The van der Waals surface area contributed by atoms with E-state index in [2.05, 4.69) is 31.3 Å². The van der Waals surface area contributed by atoms with Crippen LogP contribution in [0.5, 0.6) is 0 Å². The highest BCUT2D eigenvalue weighted by Crippen LogP contribution is 2.17. The van der Waals surface area contributed by atoms with Gasteiger partial charge in [-0.15, -0.1) is 0 Å². The maximum atomic E-state index is 12.3. The molecule has 0 heterocycles. The summed E-state index contributed by atoms with van der Waals surface area (Å²) in [5, 5.41) is 23.1. The molecule has 0 aromatic rings. The Morgan fingerprint density at radius 2 is 0.755 bits per heavy atom. The highest BCUT2D eigenvalue weighted by atomic mass is 16.3. The molecule has 0 fully saturated rings. The zero-order chi connectivity index (χ0) is 38.6. The van der Waals surface area contributed by atoms with Crippen molar-refractivity contribution in [3.8, 4) is 0 Å². The van der Waals surface area contributed by atoms with Crippen LogP contribution in [0.25, 0.3) is 0 Å². The van der Waals surface area contributed by atoms with Crippen molar-refractivity contribution < 1.29 is 15.0 Å². The van der Waals surface area contributed by atoms with Gasteiger partial charge in [0, 0.05) is 6.42 Å². The molecule has 316 valence electrons. The molecule has 1 amide bonds. The van der Waals surface area contributed by atoms with Gasteiger partial charge < -0.3 is 15.5 Å². The summed E-state index contributed by atoms with van der Waals surface area (Å²) in [6, 6.07) is -0.536. The van der Waals surface area contributed by atoms with Crippen molar-refractivity contribution in [1.29, 1.82) is 0 Å². The molecule has 2 unspecified atom stereocenters. The van der Waals surface area contributed by atoms with Gasteiger partial charge >= 0.3 is 0 Å². The molecule has 0 saturated heterocycles. The van der Waals surface area contributed by atoms with Crippen molar-refractivity contribution in [1.82, 2.24) is 5.32 Å². The standard InChI is InChI=1S/C49H97NO3/c1-3-5-7-9-11-13-15-16-17-18-19-20-21-22-23-24-25-26-27-28-29-30-31-32-33-34-35-36-38-40-42-44-48(52)47(46-51)50-49(53)45-43-41-39-37-14-12-10-8-6-4-2/h8,10,47-48,51-52H,3-7,9,11-46H2,1-2H3,(H,50,53)/b10-8-. The van der Waals surface area contributed by atoms with Crippen LogP contribution in [0.1, 0.15) is 277 Å². The summed E-state index contributed by atoms with van der Waals surface area (Å²) >= 11 is 0. The predicted molar refractivity (Wildman–Crippen MR) is 235 cm³/mol. The Hall–Kier alpha value is -0.870. The van der Waals surface area contributed by atoms with E-state index in [1.807, 2.05) is 0 Å². The van der Waals surface area contributed by atoms with Crippen LogP contribution >= 0.6 is 0 Å². The maximum Gasteiger partial charge on any atom is 0.220 e. The monoisotopic (exact) mass is 748 g/mol. The van der Waals surface area contributed by atoms with Gasteiger partial charge in [0.05, 0.1) is 18.8 Å². The van der Waals surface area contributed by atoms with Crippen molar-refractivity contribution in [3.63, 3.8) is 0 Å². The van der Waals surface area contributed by atoms with Crippen molar-refractivity contribution in [3.05, 3.63) is 12.2 Å². The van der Waals surface area contributed by atoms with Crippen LogP contribution in [0.15, 0.2) is 12.2 Å². The first-order chi connectivity index (χ1) is 26.2. The van der Waals surface area contributed by atoms with E-state index >= 15 is 0 Å². The van der Waals surface area contributed by atoms with Gasteiger partial charge in [-0.25, -0.2) is 0 Å². The molecule has 0 aliphatic heterocycles. The molecule has 0 aromatic carbocycles. The van der Waals surface area contributed by atoms with Crippen LogP contribution in [0.3, 0.4) is 0 Å². The van der Waals surface area contributed by atoms with Gasteiger partial charge in [-0.2, -0.15) is 0 Å². The molecular formula is C49H97NO3. The van der Waals surface area contributed by atoms with Gasteiger partial charge in [0.25, 0.3) is 0 Å². The number of carbonyl (C=O) groups is 1. The fourth-order valence-electron chi connectivity index (χ4n) is 7.78. The van der Waals surface area contributed by atoms with Crippen LogP contribution in [0, 0.1) is 0 Å². The fourth-order valence-corrected chi connectivity index (χ4v) is 7.78. The van der Waals surface area contributed by atoms with E-state index < -0.39 is 12.1 Å². The second kappa shape index (κ2) is 45.5. The number of aliphatic hydroxyl groups excluding tert-OH is 2. The average molecular weight is 748 g/mol. The van der Waals surface area contributed by atoms with Crippen LogP contribution in [-0.2, 0) is 4.79 Å². The number of carbonyl (C=O) groups excluding carboxylic acids is 1. The maximum absolute atomic E-state index is 12.3. The molecular weight excluding hydrogens is 651 g/mol. The first kappa shape index (κ1) is 52.1. The van der Waals surface area contributed by atoms with E-state index in [0.29, 0.717) is 12.8 Å². The summed E-state index contributed by atoms with van der Waals surface area (Å²) in [4.78, 5) is 12.3. The minimum absolute atomic E-state index is 0.0403. The van der Waals surface area contributed by atoms with E-state index in [1.54, 1.807) is 0 Å². The van der Waals surface area contributed by atoms with Crippen LogP contribution in [-0.4, -0.2) is 34.9 Å². The van der Waals surface area contributed by atoms with Gasteiger partial charge in [-0.1, -0.05) is 251 Å². The lowest BCUT2D eigenvalue weighted by Gasteiger charge is -2.22. The van der Waals surface area contributed by atoms with E-state index in [1.165, 1.54) is 218 Å². The number of nitrogens with one attached hydrogen (secondary N) is 1. The molecule has 53 heavy (non-hydrogen) atoms. The highest BCUT2D eigenvalue weighted by molar-refractivity contribution is 5.76. The Morgan fingerprint density at radius 1 is 0.434 bits per heavy atom. The predicted octanol–water partition coefficient (Wildman–Crippen LogP) is 15.4. The van der Waals surface area contributed by atoms with Gasteiger partial charge in [-0.05, 0) is 32.1 Å². The van der Waals surface area contributed by atoms with Gasteiger partial charge in [0.1, 0.15) is 0 Å². The minimum atomic E-state index is -0.659. The fraction of sp³-hybridized carbons (Fsp3) is 0.939. The number of hydrogen-bond donors (Lipinski definition) is 3. The SMILES string of the molecule is CCC/C=C\CCCCCCCC(=O)NC(CO)C(O)CCCCCCCCCCCCCCCCCCCCCCCCCCCCCCCCC. The Bertz CT molecular complexity index is 725. The van der Waals surface area contributed by atoms with Crippen molar-refractivity contribution in [2.24, 2.45) is 0 Å². The van der Waals surface area contributed by atoms with Crippen LogP contribution in [0.2, 0.25) is 0 Å². The van der Waals surface area contributed by atoms with E-state index in [0.717, 1.165) is 32.1 Å². The van der Waals surface area contributed by atoms with Crippen molar-refractivity contribution >= 4 is 5.91 Å². The van der Waals surface area contributed by atoms with Crippen LogP contribution in [0.4, 0.5) is 0 Å². The van der Waals surface area contributed by atoms with Gasteiger partial charge in [0.2, 0.25) is 5.91 Å². The molecule has 0 aliphatic rings. The second-order valence-electron chi connectivity index (χ2n) is 16.9. The quantitative estimate of drug-likeness (QED) is 0.0429. The largest absolute Gasteiger partial charge is 0.394 e. The smallest absolute Gasteiger partial charge is 0.220 e. The molecule has 2 atom stereocenters. The zero-order valence-corrected chi connectivity index (χ0v) is 36.3. The number of rotatable bonds is 45. The highest BCUT2D eigenvalue weighted by Gasteiger charge is 2.20. The number of unbranched alkanes of at least 4 members (excludes halogenated alkanes) is 36. The van der Waals surface area contributed by atoms with E-state index in [9.17, 15) is 15.0 Å². The third kappa shape index (κ3) is 42.1. The molecule has 3 N–H and O–H groups in total. The zero-order valence-electron chi connectivity index (χ0n) is 36.3. The molecule has 0 rings (SSSR count). The third-order valence-corrected chi connectivity index (χ3v) is 11.5. The number of aliphatic hydroxyl groups is 2. The van der Waals surface area contributed by atoms with Crippen LogP contribution < -0.4 is 5.32 Å². The lowest BCUT2D eigenvalue weighted by Crippen LogP contribution is -2.45. The summed E-state index contributed by atoms with van der Waals surface area (Å²) < 4.78 is 0. The minimum Gasteiger partial charge on any atom is -0.394 e. The first-order valence-electron chi connectivity index (χ1n) is 24.4. The molecule has 0 saturated carbocycles. The second-order valence-corrected chi connectivity index (χ2v) is 16.9. The lowest BCUT2D eigenvalue weighted by atomic mass is 10.0. The number of allylic oxidation sites excluding steroid dienone is 2. The lowest BCUT2D eigenvalue weighted by molar-refractivity contribution is -0.123. The topological polar surface area (TPSA) is 69.6 Å². The Kier molecular flexibility index (Phi) is 44.8. The molecule has 0 bridgehead atoms. The molecule has 4 heteroatoms. The summed E-state index contributed by atoms with van der Waals surface area (Å²) in [6.45, 7) is 4.31. The van der Waals surface area contributed by atoms with Crippen molar-refractivity contribution in [2.75, 3.05) is 6.61 Å². The average Bonchev–Trinajstić information content (AvgIpc) is 3.16. The summed E-state index contributed by atoms with van der Waals surface area (Å²) in [6.07, 6.45) is 57.6. The van der Waals surface area contributed by atoms with E-state index in [4.69, 9.17) is 0 Å². The number of hydrogen-bond acceptors (Lipinski definition) is 3. The summed E-state index contributed by atoms with van der Waals surface area (Å²) in [5.41, 5.74) is 0. The first-order valence-corrected chi connectivity index (χ1v) is 24.4.